The van der Waals surface area contributed by atoms with Crippen molar-refractivity contribution in [3.05, 3.63) is 28.3 Å². The van der Waals surface area contributed by atoms with Gasteiger partial charge >= 0.3 is 13.2 Å². The van der Waals surface area contributed by atoms with Crippen molar-refractivity contribution in [3.8, 4) is 0 Å². The standard InChI is InChI=1S/C22H33BN4O6/c1-20(2,3)31-19(30)25-10-9-24-17(28)15-11-13-14(12-27(8)18(29)16(13)26-15)23-32-21(4,5)22(6,7)33-23/h11-12,26H,9-10H2,1-8H3,(H,24,28)(H,25,30). The van der Waals surface area contributed by atoms with Crippen LogP contribution in [0, 0.1) is 0 Å². The summed E-state index contributed by atoms with van der Waals surface area (Å²) in [6.45, 7) is 13.5. The molecule has 180 valence electrons. The molecule has 10 nitrogen and oxygen atoms in total. The smallest absolute Gasteiger partial charge is 0.444 e. The molecule has 3 heterocycles. The van der Waals surface area contributed by atoms with Crippen molar-refractivity contribution in [2.45, 2.75) is 65.3 Å². The summed E-state index contributed by atoms with van der Waals surface area (Å²) in [6, 6.07) is 1.62. The van der Waals surface area contributed by atoms with Gasteiger partial charge in [-0.3, -0.25) is 9.59 Å². The minimum atomic E-state index is -0.686. The van der Waals surface area contributed by atoms with Crippen LogP contribution >= 0.6 is 0 Å². The van der Waals surface area contributed by atoms with Crippen LogP contribution in [0.4, 0.5) is 4.79 Å². The molecule has 2 aromatic rings. The second-order valence-electron chi connectivity index (χ2n) is 10.2. The summed E-state index contributed by atoms with van der Waals surface area (Å²) >= 11 is 0. The summed E-state index contributed by atoms with van der Waals surface area (Å²) in [5.74, 6) is -0.404. The van der Waals surface area contributed by atoms with Crippen LogP contribution in [-0.4, -0.2) is 58.6 Å². The Morgan fingerprint density at radius 3 is 2.27 bits per heavy atom. The molecule has 0 saturated carbocycles. The van der Waals surface area contributed by atoms with Crippen LogP contribution in [0.3, 0.4) is 0 Å². The van der Waals surface area contributed by atoms with Crippen molar-refractivity contribution >= 4 is 35.5 Å². The van der Waals surface area contributed by atoms with Crippen LogP contribution < -0.4 is 21.7 Å². The molecule has 0 spiro atoms. The van der Waals surface area contributed by atoms with Gasteiger partial charge in [0.15, 0.2) is 0 Å². The number of H-pyrrole nitrogens is 1. The number of carbonyl (C=O) groups excluding carboxylic acids is 2. The molecule has 33 heavy (non-hydrogen) atoms. The second kappa shape index (κ2) is 8.53. The highest BCUT2D eigenvalue weighted by Gasteiger charge is 2.52. The molecular formula is C22H33BN4O6. The van der Waals surface area contributed by atoms with E-state index in [4.69, 9.17) is 14.0 Å². The number of aromatic nitrogens is 2. The fraction of sp³-hybridized carbons (Fsp3) is 0.591. The van der Waals surface area contributed by atoms with E-state index in [2.05, 4.69) is 15.6 Å². The van der Waals surface area contributed by atoms with E-state index in [1.54, 1.807) is 40.1 Å². The average molecular weight is 460 g/mol. The van der Waals surface area contributed by atoms with E-state index >= 15 is 0 Å². The molecule has 1 saturated heterocycles. The molecule has 11 heteroatoms. The molecule has 0 unspecified atom stereocenters. The predicted molar refractivity (Wildman–Crippen MR) is 126 cm³/mol. The van der Waals surface area contributed by atoms with Crippen LogP contribution in [0.2, 0.25) is 0 Å². The number of nitrogens with zero attached hydrogens (tertiary/aromatic N) is 1. The zero-order valence-corrected chi connectivity index (χ0v) is 20.5. The zero-order valence-electron chi connectivity index (χ0n) is 20.5. The first-order valence-electron chi connectivity index (χ1n) is 10.9. The van der Waals surface area contributed by atoms with E-state index in [9.17, 15) is 14.4 Å². The van der Waals surface area contributed by atoms with Crippen molar-refractivity contribution < 1.29 is 23.6 Å². The van der Waals surface area contributed by atoms with Gasteiger partial charge in [-0.2, -0.15) is 0 Å². The van der Waals surface area contributed by atoms with E-state index in [-0.39, 0.29) is 24.3 Å². The summed E-state index contributed by atoms with van der Waals surface area (Å²) in [5, 5.41) is 5.86. The van der Waals surface area contributed by atoms with Gasteiger partial charge in [-0.05, 0) is 54.5 Å². The molecular weight excluding hydrogens is 427 g/mol. The quantitative estimate of drug-likeness (QED) is 0.458. The fourth-order valence-corrected chi connectivity index (χ4v) is 3.39. The number of fused-ring (bicyclic) bond motifs is 1. The van der Waals surface area contributed by atoms with Crippen LogP contribution in [0.5, 0.6) is 0 Å². The molecule has 0 aliphatic carbocycles. The molecule has 1 aliphatic rings. The number of nitrogens with one attached hydrogen (secondary N) is 3. The van der Waals surface area contributed by atoms with Crippen molar-refractivity contribution in [2.24, 2.45) is 7.05 Å². The Bertz CT molecular complexity index is 1110. The number of alkyl carbamates (subject to hydrolysis) is 1. The lowest BCUT2D eigenvalue weighted by Crippen LogP contribution is -2.41. The van der Waals surface area contributed by atoms with Crippen LogP contribution in [-0.2, 0) is 21.1 Å². The number of ether oxygens (including phenoxy) is 1. The van der Waals surface area contributed by atoms with Gasteiger partial charge in [-0.15, -0.1) is 0 Å². The number of pyridine rings is 1. The highest BCUT2D eigenvalue weighted by Crippen LogP contribution is 2.36. The molecule has 0 atom stereocenters. The third kappa shape index (κ3) is 5.25. The topological polar surface area (TPSA) is 124 Å². The SMILES string of the molecule is Cn1cc(B2OC(C)(C)C(C)(C)O2)c2cc(C(=O)NCCNC(=O)OC(C)(C)C)[nH]c2c1=O. The number of rotatable bonds is 5. The van der Waals surface area contributed by atoms with Gasteiger partial charge in [0, 0.05) is 37.2 Å². The van der Waals surface area contributed by atoms with Crippen molar-refractivity contribution in [3.63, 3.8) is 0 Å². The lowest BCUT2D eigenvalue weighted by molar-refractivity contribution is 0.00578. The number of carbonyl (C=O) groups is 2. The van der Waals surface area contributed by atoms with Crippen LogP contribution in [0.1, 0.15) is 59.0 Å². The Labute approximate surface area is 193 Å². The molecule has 3 N–H and O–H groups in total. The summed E-state index contributed by atoms with van der Waals surface area (Å²) in [4.78, 5) is 40.0. The maximum atomic E-state index is 12.7. The number of amides is 2. The number of aromatic amines is 1. The third-order valence-corrected chi connectivity index (χ3v) is 5.83. The third-order valence-electron chi connectivity index (χ3n) is 5.83. The molecule has 3 rings (SSSR count). The van der Waals surface area contributed by atoms with Crippen LogP contribution in [0.15, 0.2) is 17.1 Å². The number of hydrogen-bond acceptors (Lipinski definition) is 6. The van der Waals surface area contributed by atoms with Gasteiger partial charge in [-0.25, -0.2) is 4.79 Å². The predicted octanol–water partition coefficient (Wildman–Crippen LogP) is 1.42. The molecule has 0 aromatic carbocycles. The highest BCUT2D eigenvalue weighted by molar-refractivity contribution is 6.65. The lowest BCUT2D eigenvalue weighted by Gasteiger charge is -2.32. The minimum absolute atomic E-state index is 0.190. The zero-order chi connectivity index (χ0) is 24.8. The second-order valence-corrected chi connectivity index (χ2v) is 10.2. The average Bonchev–Trinajstić information content (AvgIpc) is 3.19. The van der Waals surface area contributed by atoms with Crippen molar-refractivity contribution in [1.29, 1.82) is 0 Å². The lowest BCUT2D eigenvalue weighted by atomic mass is 9.78. The molecule has 0 radical (unpaired) electrons. The first-order chi connectivity index (χ1) is 15.1. The van der Waals surface area contributed by atoms with Crippen molar-refractivity contribution in [1.82, 2.24) is 20.2 Å². The maximum absolute atomic E-state index is 12.7. The monoisotopic (exact) mass is 460 g/mol. The molecule has 0 bridgehead atoms. The van der Waals surface area contributed by atoms with Gasteiger partial charge in [0.25, 0.3) is 11.5 Å². The fourth-order valence-electron chi connectivity index (χ4n) is 3.39. The first kappa shape index (κ1) is 24.8. The van der Waals surface area contributed by atoms with E-state index < -0.39 is 35.9 Å². The molecule has 1 aliphatic heterocycles. The van der Waals surface area contributed by atoms with Gasteiger partial charge in [0.05, 0.1) is 11.2 Å². The van der Waals surface area contributed by atoms with E-state index in [1.807, 2.05) is 27.7 Å². The molecule has 2 aromatic heterocycles. The maximum Gasteiger partial charge on any atom is 0.497 e. The van der Waals surface area contributed by atoms with Crippen LogP contribution in [0.25, 0.3) is 10.9 Å². The van der Waals surface area contributed by atoms with E-state index in [0.29, 0.717) is 16.4 Å². The minimum Gasteiger partial charge on any atom is -0.444 e. The Hall–Kier alpha value is -2.79. The Balaban J connectivity index is 1.76. The molecule has 2 amide bonds. The van der Waals surface area contributed by atoms with E-state index in [1.165, 1.54) is 4.57 Å². The normalized spacial score (nSPS) is 17.3. The Morgan fingerprint density at radius 2 is 1.70 bits per heavy atom. The summed E-state index contributed by atoms with van der Waals surface area (Å²) < 4.78 is 18.9. The summed E-state index contributed by atoms with van der Waals surface area (Å²) in [7, 11) is 0.952. The summed E-state index contributed by atoms with van der Waals surface area (Å²) in [5.41, 5.74) is -0.778. The Morgan fingerprint density at radius 1 is 1.12 bits per heavy atom. The largest absolute Gasteiger partial charge is 0.497 e. The number of aryl methyl sites for hydroxylation is 1. The Kier molecular flexibility index (Phi) is 6.42. The van der Waals surface area contributed by atoms with Gasteiger partial charge in [-0.1, -0.05) is 0 Å². The van der Waals surface area contributed by atoms with Crippen molar-refractivity contribution in [2.75, 3.05) is 13.1 Å². The first-order valence-corrected chi connectivity index (χ1v) is 10.9. The highest BCUT2D eigenvalue weighted by atomic mass is 16.7. The van der Waals surface area contributed by atoms with Gasteiger partial charge in [0.1, 0.15) is 16.8 Å². The number of hydrogen-bond donors (Lipinski definition) is 3. The van der Waals surface area contributed by atoms with E-state index in [0.717, 1.165) is 0 Å². The van der Waals surface area contributed by atoms with Gasteiger partial charge in [0.2, 0.25) is 0 Å². The molecule has 1 fully saturated rings. The van der Waals surface area contributed by atoms with Gasteiger partial charge < -0.3 is 34.2 Å². The summed E-state index contributed by atoms with van der Waals surface area (Å²) in [6.07, 6.45) is 1.12.